The molecule has 1 unspecified atom stereocenters. The number of nitrogens with one attached hydrogen (secondary N) is 1. The van der Waals surface area contributed by atoms with Crippen LogP contribution in [-0.2, 0) is 4.79 Å². The van der Waals surface area contributed by atoms with Gasteiger partial charge in [0.2, 0.25) is 5.91 Å². The Balaban J connectivity index is 1.82. The Hall–Kier alpha value is -1.12. The Kier molecular flexibility index (Phi) is 6.65. The second-order valence-corrected chi connectivity index (χ2v) is 8.75. The third-order valence-corrected chi connectivity index (χ3v) is 6.41. The van der Waals surface area contributed by atoms with E-state index in [1.165, 1.54) is 23.1 Å². The van der Waals surface area contributed by atoms with Crippen LogP contribution in [0.2, 0.25) is 0 Å². The lowest BCUT2D eigenvalue weighted by atomic mass is 10.0. The molecule has 1 saturated heterocycles. The summed E-state index contributed by atoms with van der Waals surface area (Å²) in [6.07, 6.45) is 2.56. The first-order chi connectivity index (χ1) is 11.3. The van der Waals surface area contributed by atoms with E-state index in [4.69, 9.17) is 5.11 Å². The van der Waals surface area contributed by atoms with Crippen molar-refractivity contribution in [1.82, 2.24) is 15.2 Å². The SMILES string of the molecule is CCC(C)(C)NCC1CCC(=O)N1CCSc1nc(C(=O)O)cs1. The van der Waals surface area contributed by atoms with Crippen LogP contribution in [0.5, 0.6) is 0 Å². The third kappa shape index (κ3) is 5.19. The molecule has 0 aromatic carbocycles. The zero-order valence-corrected chi connectivity index (χ0v) is 16.0. The molecule has 1 aliphatic heterocycles. The molecule has 134 valence electrons. The lowest BCUT2D eigenvalue weighted by Gasteiger charge is -2.30. The number of carboxylic acid groups (broad SMARTS) is 1. The van der Waals surface area contributed by atoms with Crippen molar-refractivity contribution in [3.63, 3.8) is 0 Å². The van der Waals surface area contributed by atoms with E-state index in [0.29, 0.717) is 13.0 Å². The summed E-state index contributed by atoms with van der Waals surface area (Å²) in [7, 11) is 0. The van der Waals surface area contributed by atoms with Gasteiger partial charge in [-0.15, -0.1) is 11.3 Å². The van der Waals surface area contributed by atoms with Crippen molar-refractivity contribution in [1.29, 1.82) is 0 Å². The summed E-state index contributed by atoms with van der Waals surface area (Å²) in [6.45, 7) is 7.99. The molecule has 0 aliphatic carbocycles. The largest absolute Gasteiger partial charge is 0.476 e. The molecule has 2 N–H and O–H groups in total. The summed E-state index contributed by atoms with van der Waals surface area (Å²) < 4.78 is 0.737. The Morgan fingerprint density at radius 3 is 2.96 bits per heavy atom. The van der Waals surface area contributed by atoms with E-state index < -0.39 is 5.97 Å². The van der Waals surface area contributed by atoms with Gasteiger partial charge in [-0.1, -0.05) is 18.7 Å². The molecule has 1 aliphatic rings. The molecule has 24 heavy (non-hydrogen) atoms. The number of carboxylic acids is 1. The first kappa shape index (κ1) is 19.2. The summed E-state index contributed by atoms with van der Waals surface area (Å²) in [4.78, 5) is 29.0. The first-order valence-electron chi connectivity index (χ1n) is 8.18. The molecule has 1 aromatic rings. The zero-order chi connectivity index (χ0) is 17.7. The maximum Gasteiger partial charge on any atom is 0.355 e. The molecule has 0 saturated carbocycles. The van der Waals surface area contributed by atoms with Crippen LogP contribution in [0.4, 0.5) is 0 Å². The van der Waals surface area contributed by atoms with Gasteiger partial charge in [0.25, 0.3) is 0 Å². The molecule has 0 radical (unpaired) electrons. The molecule has 1 aromatic heterocycles. The van der Waals surface area contributed by atoms with E-state index in [-0.39, 0.29) is 23.2 Å². The number of nitrogens with zero attached hydrogens (tertiary/aromatic N) is 2. The van der Waals surface area contributed by atoms with Gasteiger partial charge in [-0.05, 0) is 26.7 Å². The molecule has 0 bridgehead atoms. The summed E-state index contributed by atoms with van der Waals surface area (Å²) in [5.74, 6) is -0.0639. The second kappa shape index (κ2) is 8.31. The van der Waals surface area contributed by atoms with Gasteiger partial charge in [0.05, 0.1) is 0 Å². The number of amides is 1. The fourth-order valence-electron chi connectivity index (χ4n) is 2.48. The normalized spacial score (nSPS) is 18.4. The summed E-state index contributed by atoms with van der Waals surface area (Å²) in [5, 5.41) is 14.0. The predicted molar refractivity (Wildman–Crippen MR) is 96.9 cm³/mol. The number of thioether (sulfide) groups is 1. The molecule has 0 spiro atoms. The lowest BCUT2D eigenvalue weighted by molar-refractivity contribution is -0.128. The van der Waals surface area contributed by atoms with Crippen LogP contribution in [0, 0.1) is 0 Å². The Morgan fingerprint density at radius 2 is 2.33 bits per heavy atom. The predicted octanol–water partition coefficient (Wildman–Crippen LogP) is 2.70. The molecule has 1 fully saturated rings. The van der Waals surface area contributed by atoms with E-state index in [1.54, 1.807) is 5.38 Å². The van der Waals surface area contributed by atoms with Gasteiger partial charge >= 0.3 is 5.97 Å². The van der Waals surface area contributed by atoms with Gasteiger partial charge < -0.3 is 15.3 Å². The molecule has 1 amide bonds. The number of aromatic nitrogens is 1. The molecular formula is C16H25N3O3S2. The summed E-state index contributed by atoms with van der Waals surface area (Å²) in [6, 6.07) is 0.245. The van der Waals surface area contributed by atoms with Gasteiger partial charge in [0.1, 0.15) is 0 Å². The number of carbonyl (C=O) groups is 2. The molecule has 8 heteroatoms. The standard InChI is InChI=1S/C16H25N3O3S2/c1-4-16(2,3)17-9-11-5-6-13(20)19(11)7-8-23-15-18-12(10-24-15)14(21)22/h10-11,17H,4-9H2,1-3H3,(H,21,22). The van der Waals surface area contributed by atoms with E-state index in [2.05, 4.69) is 31.1 Å². The van der Waals surface area contributed by atoms with Crippen molar-refractivity contribution < 1.29 is 14.7 Å². The topological polar surface area (TPSA) is 82.5 Å². The monoisotopic (exact) mass is 371 g/mol. The van der Waals surface area contributed by atoms with Crippen LogP contribution in [0.25, 0.3) is 0 Å². The third-order valence-electron chi connectivity index (χ3n) is 4.41. The number of likely N-dealkylation sites (tertiary alicyclic amines) is 1. The quantitative estimate of drug-likeness (QED) is 0.650. The number of hydrogen-bond acceptors (Lipinski definition) is 6. The van der Waals surface area contributed by atoms with Gasteiger partial charge in [-0.3, -0.25) is 4.79 Å². The van der Waals surface area contributed by atoms with E-state index in [0.717, 1.165) is 29.5 Å². The van der Waals surface area contributed by atoms with Crippen molar-refractivity contribution in [2.75, 3.05) is 18.8 Å². The maximum absolute atomic E-state index is 12.1. The number of carbonyl (C=O) groups excluding carboxylic acids is 1. The van der Waals surface area contributed by atoms with Crippen molar-refractivity contribution in [3.05, 3.63) is 11.1 Å². The smallest absolute Gasteiger partial charge is 0.355 e. The summed E-state index contributed by atoms with van der Waals surface area (Å²) >= 11 is 2.84. The highest BCUT2D eigenvalue weighted by atomic mass is 32.2. The van der Waals surface area contributed by atoms with Crippen LogP contribution < -0.4 is 5.32 Å². The van der Waals surface area contributed by atoms with Crippen molar-refractivity contribution >= 4 is 35.0 Å². The van der Waals surface area contributed by atoms with E-state index in [9.17, 15) is 9.59 Å². The molecule has 1 atom stereocenters. The average molecular weight is 372 g/mol. The highest BCUT2D eigenvalue weighted by Crippen LogP contribution is 2.25. The van der Waals surface area contributed by atoms with Crippen LogP contribution in [0.3, 0.4) is 0 Å². The summed E-state index contributed by atoms with van der Waals surface area (Å²) in [5.41, 5.74) is 0.170. The minimum Gasteiger partial charge on any atom is -0.476 e. The highest BCUT2D eigenvalue weighted by molar-refractivity contribution is 8.01. The van der Waals surface area contributed by atoms with Crippen LogP contribution in [0.1, 0.15) is 50.5 Å². The molecule has 2 heterocycles. The Morgan fingerprint density at radius 1 is 1.58 bits per heavy atom. The number of rotatable bonds is 9. The Bertz CT molecular complexity index is 589. The number of aromatic carboxylic acids is 1. The van der Waals surface area contributed by atoms with Crippen molar-refractivity contribution in [2.45, 2.75) is 56.0 Å². The van der Waals surface area contributed by atoms with Gasteiger partial charge in [-0.2, -0.15) is 0 Å². The molecular weight excluding hydrogens is 346 g/mol. The molecule has 2 rings (SSSR count). The molecule has 6 nitrogen and oxygen atoms in total. The van der Waals surface area contributed by atoms with Crippen LogP contribution in [-0.4, -0.2) is 57.3 Å². The van der Waals surface area contributed by atoms with Crippen LogP contribution in [0.15, 0.2) is 9.72 Å². The van der Waals surface area contributed by atoms with Crippen LogP contribution >= 0.6 is 23.1 Å². The van der Waals surface area contributed by atoms with Gasteiger partial charge in [-0.25, -0.2) is 9.78 Å². The highest BCUT2D eigenvalue weighted by Gasteiger charge is 2.31. The fourth-order valence-corrected chi connectivity index (χ4v) is 4.29. The van der Waals surface area contributed by atoms with Crippen molar-refractivity contribution in [3.8, 4) is 0 Å². The average Bonchev–Trinajstić information content (AvgIpc) is 3.14. The van der Waals surface area contributed by atoms with Gasteiger partial charge in [0.15, 0.2) is 10.0 Å². The first-order valence-corrected chi connectivity index (χ1v) is 10.0. The zero-order valence-electron chi connectivity index (χ0n) is 14.4. The fraction of sp³-hybridized carbons (Fsp3) is 0.688. The maximum atomic E-state index is 12.1. The van der Waals surface area contributed by atoms with Gasteiger partial charge in [0, 0.05) is 42.2 Å². The second-order valence-electron chi connectivity index (χ2n) is 6.55. The Labute approximate surface area is 151 Å². The minimum atomic E-state index is -1.00. The minimum absolute atomic E-state index is 0.0835. The lowest BCUT2D eigenvalue weighted by Crippen LogP contribution is -2.47. The van der Waals surface area contributed by atoms with E-state index >= 15 is 0 Å². The van der Waals surface area contributed by atoms with E-state index in [1.807, 2.05) is 4.90 Å². The number of hydrogen-bond donors (Lipinski definition) is 2. The number of thiazole rings is 1. The van der Waals surface area contributed by atoms with Crippen molar-refractivity contribution in [2.24, 2.45) is 0 Å².